The molecule has 1 aromatic rings. The number of thiazole rings is 1. The van der Waals surface area contributed by atoms with Gasteiger partial charge in [0.25, 0.3) is 0 Å². The van der Waals surface area contributed by atoms with Crippen molar-refractivity contribution in [2.75, 3.05) is 31.2 Å². The van der Waals surface area contributed by atoms with Gasteiger partial charge in [-0.05, 0) is 6.92 Å². The van der Waals surface area contributed by atoms with E-state index in [0.717, 1.165) is 28.8 Å². The molecule has 7 heteroatoms. The second-order valence-corrected chi connectivity index (χ2v) is 6.04. The number of rotatable bonds is 4. The molecule has 0 aromatic carbocycles. The predicted molar refractivity (Wildman–Crippen MR) is 79.7 cm³/mol. The van der Waals surface area contributed by atoms with Gasteiger partial charge in [-0.1, -0.05) is 25.2 Å². The second kappa shape index (κ2) is 6.32. The van der Waals surface area contributed by atoms with Gasteiger partial charge in [0.2, 0.25) is 5.70 Å². The van der Waals surface area contributed by atoms with E-state index in [2.05, 4.69) is 9.88 Å². The van der Waals surface area contributed by atoms with Crippen LogP contribution in [-0.4, -0.2) is 36.2 Å². The largest absolute Gasteiger partial charge is 0.378 e. The van der Waals surface area contributed by atoms with E-state index in [1.54, 1.807) is 6.08 Å². The van der Waals surface area contributed by atoms with Gasteiger partial charge < -0.3 is 9.64 Å². The van der Waals surface area contributed by atoms with E-state index in [0.29, 0.717) is 13.2 Å². The van der Waals surface area contributed by atoms with Crippen LogP contribution >= 0.6 is 11.3 Å². The summed E-state index contributed by atoms with van der Waals surface area (Å²) >= 11 is 1.51. The Morgan fingerprint density at radius 3 is 2.70 bits per heavy atom. The predicted octanol–water partition coefficient (Wildman–Crippen LogP) is 2.56. The fourth-order valence-electron chi connectivity index (χ4n) is 1.98. The number of anilines is 1. The first kappa shape index (κ1) is 14.9. The van der Waals surface area contributed by atoms with Gasteiger partial charge in [0.05, 0.1) is 28.7 Å². The molecular formula is C13H19N3O3S. The van der Waals surface area contributed by atoms with Crippen molar-refractivity contribution in [2.45, 2.75) is 20.8 Å². The minimum absolute atomic E-state index is 0.113. The number of nitrogens with zero attached hydrogens (tertiary/aromatic N) is 3. The summed E-state index contributed by atoms with van der Waals surface area (Å²) in [7, 11) is 0. The van der Waals surface area contributed by atoms with Crippen molar-refractivity contribution in [2.24, 2.45) is 5.92 Å². The second-order valence-electron chi connectivity index (χ2n) is 5.03. The number of hydrogen-bond acceptors (Lipinski definition) is 6. The summed E-state index contributed by atoms with van der Waals surface area (Å²) in [6.07, 6.45) is 1.65. The summed E-state index contributed by atoms with van der Waals surface area (Å²) in [6, 6.07) is 0. The Hall–Kier alpha value is -1.47. The molecule has 0 atom stereocenters. The van der Waals surface area contributed by atoms with Crippen LogP contribution in [0.25, 0.3) is 6.08 Å². The summed E-state index contributed by atoms with van der Waals surface area (Å²) in [5.74, 6) is -0.113. The standard InChI is InChI=1S/C13H19N3O3S/c1-9(2)11(16(17)18)8-12-10(3)14-13(20-12)15-4-6-19-7-5-15/h8-9H,4-7H2,1-3H3. The van der Waals surface area contributed by atoms with Gasteiger partial charge in [-0.25, -0.2) is 4.98 Å². The van der Waals surface area contributed by atoms with Crippen LogP contribution in [0.5, 0.6) is 0 Å². The molecule has 2 rings (SSSR count). The fourth-order valence-corrected chi connectivity index (χ4v) is 3.05. The lowest BCUT2D eigenvalue weighted by atomic mass is 10.1. The van der Waals surface area contributed by atoms with Crippen molar-refractivity contribution < 1.29 is 9.66 Å². The van der Waals surface area contributed by atoms with E-state index >= 15 is 0 Å². The minimum Gasteiger partial charge on any atom is -0.378 e. The van der Waals surface area contributed by atoms with Crippen LogP contribution in [-0.2, 0) is 4.74 Å². The van der Waals surface area contributed by atoms with Crippen molar-refractivity contribution in [3.8, 4) is 0 Å². The van der Waals surface area contributed by atoms with E-state index in [1.807, 2.05) is 20.8 Å². The Kier molecular flexibility index (Phi) is 4.72. The first-order chi connectivity index (χ1) is 9.49. The maximum Gasteiger partial charge on any atom is 0.250 e. The first-order valence-corrected chi connectivity index (χ1v) is 7.46. The molecule has 0 amide bonds. The van der Waals surface area contributed by atoms with E-state index in [9.17, 15) is 10.1 Å². The molecule has 2 heterocycles. The Morgan fingerprint density at radius 1 is 1.50 bits per heavy atom. The van der Waals surface area contributed by atoms with Gasteiger partial charge >= 0.3 is 0 Å². The van der Waals surface area contributed by atoms with Gasteiger partial charge in [-0.2, -0.15) is 0 Å². The van der Waals surface area contributed by atoms with Crippen molar-refractivity contribution >= 4 is 22.5 Å². The zero-order valence-electron chi connectivity index (χ0n) is 12.0. The topological polar surface area (TPSA) is 68.5 Å². The van der Waals surface area contributed by atoms with Crippen LogP contribution in [0.15, 0.2) is 5.70 Å². The van der Waals surface area contributed by atoms with Crippen molar-refractivity contribution in [1.29, 1.82) is 0 Å². The molecule has 1 aromatic heterocycles. The lowest BCUT2D eigenvalue weighted by Gasteiger charge is -2.25. The molecule has 0 spiro atoms. The van der Waals surface area contributed by atoms with Crippen LogP contribution in [0.3, 0.4) is 0 Å². The Morgan fingerprint density at radius 2 is 2.15 bits per heavy atom. The molecule has 1 aliphatic heterocycles. The third-order valence-corrected chi connectivity index (χ3v) is 4.35. The monoisotopic (exact) mass is 297 g/mol. The highest BCUT2D eigenvalue weighted by Gasteiger charge is 2.20. The summed E-state index contributed by atoms with van der Waals surface area (Å²) in [5, 5.41) is 12.0. The highest BCUT2D eigenvalue weighted by Crippen LogP contribution is 2.29. The molecule has 6 nitrogen and oxygen atoms in total. The summed E-state index contributed by atoms with van der Waals surface area (Å²) in [5.41, 5.74) is 1.07. The van der Waals surface area contributed by atoms with E-state index in [4.69, 9.17) is 4.74 Å². The molecule has 0 saturated carbocycles. The SMILES string of the molecule is Cc1nc(N2CCOCC2)sc1C=C(C(C)C)[N+](=O)[O-]. The number of morpholine rings is 1. The van der Waals surface area contributed by atoms with Gasteiger partial charge in [0.1, 0.15) is 0 Å². The van der Waals surface area contributed by atoms with Crippen LogP contribution in [0, 0.1) is 23.0 Å². The zero-order chi connectivity index (χ0) is 14.7. The average molecular weight is 297 g/mol. The van der Waals surface area contributed by atoms with Gasteiger partial charge in [0.15, 0.2) is 5.13 Å². The van der Waals surface area contributed by atoms with Crippen molar-refractivity contribution in [1.82, 2.24) is 4.98 Å². The number of aromatic nitrogens is 1. The van der Waals surface area contributed by atoms with Gasteiger partial charge in [-0.3, -0.25) is 10.1 Å². The molecule has 1 fully saturated rings. The Labute approximate surface area is 122 Å². The highest BCUT2D eigenvalue weighted by atomic mass is 32.1. The lowest BCUT2D eigenvalue weighted by molar-refractivity contribution is -0.431. The number of allylic oxidation sites excluding steroid dienone is 1. The quantitative estimate of drug-likeness (QED) is 0.631. The van der Waals surface area contributed by atoms with Gasteiger partial charge in [-0.15, -0.1) is 0 Å². The van der Waals surface area contributed by atoms with Crippen LogP contribution in [0.2, 0.25) is 0 Å². The van der Waals surface area contributed by atoms with E-state index < -0.39 is 0 Å². The molecule has 0 bridgehead atoms. The van der Waals surface area contributed by atoms with Gasteiger partial charge in [0, 0.05) is 25.1 Å². The maximum absolute atomic E-state index is 11.1. The molecule has 0 aliphatic carbocycles. The van der Waals surface area contributed by atoms with Crippen molar-refractivity contribution in [3.05, 3.63) is 26.4 Å². The third-order valence-electron chi connectivity index (χ3n) is 3.18. The maximum atomic E-state index is 11.1. The van der Waals surface area contributed by atoms with Crippen LogP contribution < -0.4 is 4.90 Å². The number of hydrogen-bond donors (Lipinski definition) is 0. The summed E-state index contributed by atoms with van der Waals surface area (Å²) < 4.78 is 5.32. The zero-order valence-corrected chi connectivity index (χ0v) is 12.8. The van der Waals surface area contributed by atoms with E-state index in [1.165, 1.54) is 11.3 Å². The molecule has 1 saturated heterocycles. The molecule has 110 valence electrons. The number of nitro groups is 1. The Balaban J connectivity index is 2.26. The minimum atomic E-state index is -0.307. The molecule has 0 radical (unpaired) electrons. The number of aryl methyl sites for hydroxylation is 1. The molecule has 0 N–H and O–H groups in total. The highest BCUT2D eigenvalue weighted by molar-refractivity contribution is 7.16. The lowest BCUT2D eigenvalue weighted by Crippen LogP contribution is -2.36. The summed E-state index contributed by atoms with van der Waals surface area (Å²) in [6.45, 7) is 8.60. The normalized spacial score (nSPS) is 16.8. The smallest absolute Gasteiger partial charge is 0.250 e. The molecule has 0 unspecified atom stereocenters. The molecule has 20 heavy (non-hydrogen) atoms. The Bertz CT molecular complexity index is 519. The summed E-state index contributed by atoms with van der Waals surface area (Å²) in [4.78, 5) is 18.3. The number of ether oxygens (including phenoxy) is 1. The molecular weight excluding hydrogens is 278 g/mol. The van der Waals surface area contributed by atoms with Crippen LogP contribution in [0.1, 0.15) is 24.4 Å². The third kappa shape index (κ3) is 3.34. The average Bonchev–Trinajstić information content (AvgIpc) is 2.77. The fraction of sp³-hybridized carbons (Fsp3) is 0.615. The van der Waals surface area contributed by atoms with Crippen molar-refractivity contribution in [3.63, 3.8) is 0 Å². The van der Waals surface area contributed by atoms with E-state index in [-0.39, 0.29) is 16.5 Å². The molecule has 1 aliphatic rings. The first-order valence-electron chi connectivity index (χ1n) is 6.65. The van der Waals surface area contributed by atoms with Crippen LogP contribution in [0.4, 0.5) is 5.13 Å².